The van der Waals surface area contributed by atoms with E-state index >= 15 is 0 Å². The molecule has 0 saturated heterocycles. The maximum atomic E-state index is 13.1. The van der Waals surface area contributed by atoms with Crippen LogP contribution in [0.3, 0.4) is 0 Å². The Morgan fingerprint density at radius 1 is 1.18 bits per heavy atom. The summed E-state index contributed by atoms with van der Waals surface area (Å²) in [5.74, 6) is -2.07. The quantitative estimate of drug-likeness (QED) is 0.534. The molecule has 2 bridgehead atoms. The molecule has 0 aromatic carbocycles. The van der Waals surface area contributed by atoms with E-state index in [2.05, 4.69) is 10.3 Å². The van der Waals surface area contributed by atoms with Gasteiger partial charge in [-0.2, -0.15) is 0 Å². The zero-order valence-corrected chi connectivity index (χ0v) is 22.2. The normalized spacial score (nSPS) is 24.6. The summed E-state index contributed by atoms with van der Waals surface area (Å²) in [6, 6.07) is 0. The molecule has 0 unspecified atom stereocenters. The van der Waals surface area contributed by atoms with Gasteiger partial charge in [0.15, 0.2) is 5.69 Å². The van der Waals surface area contributed by atoms with Gasteiger partial charge in [0.25, 0.3) is 5.91 Å². The molecule has 3 rings (SSSR count). The monoisotopic (exact) mass is 525 g/mol. The first-order valence-electron chi connectivity index (χ1n) is 12.7. The molecule has 2 amide bonds. The SMILES string of the molecule is CC1=C[C@H](O)CC(=O)Cc2nc(co2)C(=O)N2CCC=C2C(=O)O[C@H](C(C)C)[C@@H](C)C=CC(=O)NCC=C1. The van der Waals surface area contributed by atoms with E-state index in [-0.39, 0.29) is 66.7 Å². The molecule has 1 aromatic heterocycles. The van der Waals surface area contributed by atoms with E-state index in [1.54, 1.807) is 37.3 Å². The van der Waals surface area contributed by atoms with Gasteiger partial charge in [0, 0.05) is 25.4 Å². The maximum Gasteiger partial charge on any atom is 0.355 e. The number of Topliss-reactive ketones (excluding diaryl/α,β-unsaturated/α-hetero) is 1. The second-order valence-corrected chi connectivity index (χ2v) is 9.84. The van der Waals surface area contributed by atoms with Gasteiger partial charge in [0.05, 0.1) is 12.5 Å². The number of aliphatic hydroxyl groups excluding tert-OH is 1. The standard InChI is InChI=1S/C28H35N3O7/c1-17(2)26-19(4)9-10-24(34)29-11-5-7-18(3)13-20(32)14-21(33)15-25-30-22(16-37-25)27(35)31-12-6-8-23(31)28(36)38-26/h5,7-10,13,16-17,19-20,26,32H,6,11-12,14-15H2,1-4H3,(H,29,34)/t19-,20-,26+/m0/s1. The summed E-state index contributed by atoms with van der Waals surface area (Å²) in [4.78, 5) is 56.3. The Morgan fingerprint density at radius 2 is 1.95 bits per heavy atom. The van der Waals surface area contributed by atoms with Crippen LogP contribution in [0.25, 0.3) is 0 Å². The van der Waals surface area contributed by atoms with Crippen molar-refractivity contribution in [3.8, 4) is 0 Å². The topological polar surface area (TPSA) is 139 Å². The van der Waals surface area contributed by atoms with Crippen LogP contribution in [0.4, 0.5) is 0 Å². The van der Waals surface area contributed by atoms with Gasteiger partial charge in [-0.25, -0.2) is 9.78 Å². The van der Waals surface area contributed by atoms with Gasteiger partial charge in [0.2, 0.25) is 11.8 Å². The van der Waals surface area contributed by atoms with Crippen molar-refractivity contribution in [2.75, 3.05) is 13.1 Å². The minimum atomic E-state index is -1.01. The molecule has 3 atom stereocenters. The van der Waals surface area contributed by atoms with Gasteiger partial charge in [-0.3, -0.25) is 14.4 Å². The molecular weight excluding hydrogens is 490 g/mol. The van der Waals surface area contributed by atoms with Crippen LogP contribution in [-0.2, 0) is 25.5 Å². The number of oxazole rings is 1. The first-order chi connectivity index (χ1) is 18.0. The number of aliphatic hydroxyl groups is 1. The van der Waals surface area contributed by atoms with E-state index in [4.69, 9.17) is 9.15 Å². The molecule has 2 N–H and O–H groups in total. The molecule has 204 valence electrons. The highest BCUT2D eigenvalue weighted by molar-refractivity contribution is 6.00. The summed E-state index contributed by atoms with van der Waals surface area (Å²) in [6.07, 6.45) is 9.48. The lowest BCUT2D eigenvalue weighted by atomic mass is 9.94. The van der Waals surface area contributed by atoms with Crippen molar-refractivity contribution in [2.24, 2.45) is 11.8 Å². The van der Waals surface area contributed by atoms with Crippen LogP contribution in [0, 0.1) is 11.8 Å². The number of rotatable bonds is 1. The lowest BCUT2D eigenvalue weighted by molar-refractivity contribution is -0.149. The molecule has 10 heteroatoms. The van der Waals surface area contributed by atoms with Crippen LogP contribution in [0.5, 0.6) is 0 Å². The van der Waals surface area contributed by atoms with Crippen LogP contribution in [0.15, 0.2) is 58.4 Å². The van der Waals surface area contributed by atoms with Crippen molar-refractivity contribution in [2.45, 2.75) is 59.2 Å². The summed E-state index contributed by atoms with van der Waals surface area (Å²) in [5, 5.41) is 13.0. The maximum absolute atomic E-state index is 13.1. The van der Waals surface area contributed by atoms with Crippen LogP contribution in [0.2, 0.25) is 0 Å². The Hall–Kier alpha value is -3.79. The first-order valence-corrected chi connectivity index (χ1v) is 12.7. The number of aromatic nitrogens is 1. The van der Waals surface area contributed by atoms with Gasteiger partial charge < -0.3 is 24.5 Å². The van der Waals surface area contributed by atoms with E-state index < -0.39 is 24.1 Å². The fourth-order valence-electron chi connectivity index (χ4n) is 4.33. The molecule has 0 saturated carbocycles. The number of ketones is 1. The largest absolute Gasteiger partial charge is 0.457 e. The molecule has 0 radical (unpaired) electrons. The Kier molecular flexibility index (Phi) is 9.95. The van der Waals surface area contributed by atoms with Gasteiger partial charge in [-0.15, -0.1) is 0 Å². The lowest BCUT2D eigenvalue weighted by Crippen LogP contribution is -2.36. The number of allylic oxidation sites excluding steroid dienone is 2. The number of fused-ring (bicyclic) bond motifs is 3. The number of carbonyl (C=O) groups excluding carboxylic acids is 4. The lowest BCUT2D eigenvalue weighted by Gasteiger charge is -2.27. The van der Waals surface area contributed by atoms with Crippen molar-refractivity contribution in [1.29, 1.82) is 0 Å². The molecular formula is C28H35N3O7. The predicted octanol–water partition coefficient (Wildman–Crippen LogP) is 2.66. The zero-order valence-electron chi connectivity index (χ0n) is 22.2. The fourth-order valence-corrected chi connectivity index (χ4v) is 4.33. The van der Waals surface area contributed by atoms with Crippen LogP contribution in [-0.4, -0.2) is 63.9 Å². The Bertz CT molecular complexity index is 1170. The molecule has 10 nitrogen and oxygen atoms in total. The zero-order chi connectivity index (χ0) is 27.8. The highest BCUT2D eigenvalue weighted by Crippen LogP contribution is 2.24. The van der Waals surface area contributed by atoms with Crippen LogP contribution >= 0.6 is 0 Å². The van der Waals surface area contributed by atoms with E-state index in [0.29, 0.717) is 6.42 Å². The average molecular weight is 526 g/mol. The van der Waals surface area contributed by atoms with Crippen molar-refractivity contribution in [3.63, 3.8) is 0 Å². The van der Waals surface area contributed by atoms with Crippen molar-refractivity contribution in [3.05, 3.63) is 65.6 Å². The predicted molar refractivity (Wildman–Crippen MR) is 139 cm³/mol. The number of carbonyl (C=O) groups is 4. The summed E-state index contributed by atoms with van der Waals surface area (Å²) in [6.45, 7) is 8.00. The molecule has 3 heterocycles. The number of hydrogen-bond donors (Lipinski definition) is 2. The third-order valence-electron chi connectivity index (χ3n) is 6.19. The van der Waals surface area contributed by atoms with E-state index in [1.807, 2.05) is 20.8 Å². The highest BCUT2D eigenvalue weighted by atomic mass is 16.5. The van der Waals surface area contributed by atoms with Gasteiger partial charge >= 0.3 is 5.97 Å². The number of amides is 2. The minimum absolute atomic E-state index is 0.0315. The minimum Gasteiger partial charge on any atom is -0.457 e. The van der Waals surface area contributed by atoms with Crippen LogP contribution < -0.4 is 5.32 Å². The van der Waals surface area contributed by atoms with E-state index in [1.165, 1.54) is 11.0 Å². The summed E-state index contributed by atoms with van der Waals surface area (Å²) >= 11 is 0. The second-order valence-electron chi connectivity index (χ2n) is 9.84. The smallest absolute Gasteiger partial charge is 0.355 e. The molecule has 0 aliphatic carbocycles. The van der Waals surface area contributed by atoms with Gasteiger partial charge in [-0.1, -0.05) is 56.7 Å². The van der Waals surface area contributed by atoms with Crippen molar-refractivity contribution in [1.82, 2.24) is 15.2 Å². The second kappa shape index (κ2) is 13.1. The molecule has 1 aromatic rings. The average Bonchev–Trinajstić information content (AvgIpc) is 3.52. The number of hydrogen-bond acceptors (Lipinski definition) is 8. The fraction of sp³-hybridized carbons (Fsp3) is 0.464. The van der Waals surface area contributed by atoms with Gasteiger partial charge in [-0.05, 0) is 25.3 Å². The summed E-state index contributed by atoms with van der Waals surface area (Å²) < 4.78 is 11.1. The number of nitrogens with zero attached hydrogens (tertiary/aromatic N) is 2. The third-order valence-corrected chi connectivity index (χ3v) is 6.19. The number of ether oxygens (including phenoxy) is 1. The Labute approximate surface area is 222 Å². The molecule has 2 aliphatic heterocycles. The number of esters is 1. The van der Waals surface area contributed by atoms with Crippen molar-refractivity contribution >= 4 is 23.6 Å². The molecule has 2 aliphatic rings. The highest BCUT2D eigenvalue weighted by Gasteiger charge is 2.33. The number of nitrogens with one attached hydrogen (secondary N) is 1. The van der Waals surface area contributed by atoms with E-state index in [9.17, 15) is 24.3 Å². The third kappa shape index (κ3) is 7.85. The Balaban J connectivity index is 1.86. The Morgan fingerprint density at radius 3 is 2.68 bits per heavy atom. The molecule has 0 spiro atoms. The molecule has 0 fully saturated rings. The molecule has 38 heavy (non-hydrogen) atoms. The van der Waals surface area contributed by atoms with Crippen LogP contribution in [0.1, 0.15) is 56.9 Å². The van der Waals surface area contributed by atoms with E-state index in [0.717, 1.165) is 11.8 Å². The summed E-state index contributed by atoms with van der Waals surface area (Å²) in [5.41, 5.74) is 0.809. The summed E-state index contributed by atoms with van der Waals surface area (Å²) in [7, 11) is 0. The van der Waals surface area contributed by atoms with Crippen molar-refractivity contribution < 1.29 is 33.4 Å². The van der Waals surface area contributed by atoms with Gasteiger partial charge in [0.1, 0.15) is 23.8 Å². The first kappa shape index (κ1) is 28.8. The number of cyclic esters (lactones) is 1.